The van der Waals surface area contributed by atoms with Crippen LogP contribution in [-0.2, 0) is 15.9 Å². The highest BCUT2D eigenvalue weighted by atomic mass is 16.7. The van der Waals surface area contributed by atoms with Crippen LogP contribution in [0.3, 0.4) is 0 Å². The summed E-state index contributed by atoms with van der Waals surface area (Å²) < 4.78 is 11.6. The molecule has 0 aromatic heterocycles. The molecule has 2 aromatic rings. The molecule has 1 aliphatic heterocycles. The third kappa shape index (κ3) is 5.11. The topological polar surface area (TPSA) is 59.0 Å². The van der Waals surface area contributed by atoms with Gasteiger partial charge in [0.15, 0.2) is 0 Å². The maximum atomic E-state index is 12.6. The Labute approximate surface area is 159 Å². The smallest absolute Gasteiger partial charge is 0.253 e. The van der Waals surface area contributed by atoms with Crippen LogP contribution < -0.4 is 0 Å². The summed E-state index contributed by atoms with van der Waals surface area (Å²) in [6.45, 7) is 0.462. The van der Waals surface area contributed by atoms with E-state index in [-0.39, 0.29) is 24.7 Å². The third-order valence-corrected chi connectivity index (χ3v) is 4.59. The lowest BCUT2D eigenvalue weighted by Crippen LogP contribution is -2.33. The zero-order valence-corrected chi connectivity index (χ0v) is 15.5. The Hall–Kier alpha value is -2.79. The van der Waals surface area contributed by atoms with Crippen LogP contribution in [0.5, 0.6) is 0 Å². The SMILES string of the molecule is CN(CC(CCO)C1=COC(Cc2ccccc2)O1)C(=O)c1ccccc1. The normalized spacial score (nSPS) is 16.8. The first-order valence-electron chi connectivity index (χ1n) is 9.15. The fourth-order valence-corrected chi connectivity index (χ4v) is 3.13. The largest absolute Gasteiger partial charge is 0.459 e. The van der Waals surface area contributed by atoms with Gasteiger partial charge in [0.2, 0.25) is 6.29 Å². The minimum atomic E-state index is -0.376. The van der Waals surface area contributed by atoms with Crippen molar-refractivity contribution >= 4 is 5.91 Å². The van der Waals surface area contributed by atoms with Gasteiger partial charge in [-0.05, 0) is 24.1 Å². The van der Waals surface area contributed by atoms with Crippen LogP contribution in [0, 0.1) is 5.92 Å². The summed E-state index contributed by atoms with van der Waals surface area (Å²) in [6.07, 6.45) is 2.39. The van der Waals surface area contributed by atoms with E-state index in [1.54, 1.807) is 30.3 Å². The molecular formula is C22H25NO4. The summed E-state index contributed by atoms with van der Waals surface area (Å²) in [7, 11) is 1.76. The van der Waals surface area contributed by atoms with Crippen LogP contribution in [-0.4, -0.2) is 42.4 Å². The first kappa shape index (κ1) is 19.0. The molecule has 3 rings (SSSR count). The van der Waals surface area contributed by atoms with Crippen molar-refractivity contribution in [3.63, 3.8) is 0 Å². The van der Waals surface area contributed by atoms with Crippen molar-refractivity contribution in [2.24, 2.45) is 5.92 Å². The summed E-state index contributed by atoms with van der Waals surface area (Å²) in [5.41, 5.74) is 1.77. The maximum Gasteiger partial charge on any atom is 0.253 e. The Balaban J connectivity index is 1.59. The predicted octanol–water partition coefficient (Wildman–Crippen LogP) is 3.21. The molecular weight excluding hydrogens is 342 g/mol. The molecule has 1 heterocycles. The first-order chi connectivity index (χ1) is 13.2. The minimum absolute atomic E-state index is 0.0160. The average molecular weight is 367 g/mol. The Morgan fingerprint density at radius 1 is 1.11 bits per heavy atom. The number of aliphatic hydroxyl groups is 1. The number of nitrogens with zero attached hydrogens (tertiary/aromatic N) is 1. The summed E-state index contributed by atoms with van der Waals surface area (Å²) in [4.78, 5) is 14.2. The van der Waals surface area contributed by atoms with E-state index in [2.05, 4.69) is 0 Å². The van der Waals surface area contributed by atoms with Gasteiger partial charge in [-0.3, -0.25) is 4.79 Å². The number of benzene rings is 2. The number of hydrogen-bond donors (Lipinski definition) is 1. The average Bonchev–Trinajstić information content (AvgIpc) is 3.17. The molecule has 2 aromatic carbocycles. The van der Waals surface area contributed by atoms with E-state index in [0.717, 1.165) is 5.56 Å². The number of carbonyl (C=O) groups excluding carboxylic acids is 1. The molecule has 2 atom stereocenters. The van der Waals surface area contributed by atoms with Crippen LogP contribution >= 0.6 is 0 Å². The van der Waals surface area contributed by atoms with Gasteiger partial charge < -0.3 is 19.5 Å². The van der Waals surface area contributed by atoms with Crippen molar-refractivity contribution in [1.29, 1.82) is 0 Å². The molecule has 1 amide bonds. The molecule has 0 bridgehead atoms. The van der Waals surface area contributed by atoms with Crippen molar-refractivity contribution in [2.45, 2.75) is 19.1 Å². The van der Waals surface area contributed by atoms with Gasteiger partial charge in [0.25, 0.3) is 5.91 Å². The molecule has 0 aliphatic carbocycles. The van der Waals surface area contributed by atoms with Crippen LogP contribution in [0.25, 0.3) is 0 Å². The van der Waals surface area contributed by atoms with Crippen molar-refractivity contribution in [3.05, 3.63) is 83.8 Å². The van der Waals surface area contributed by atoms with Gasteiger partial charge in [0, 0.05) is 38.1 Å². The lowest BCUT2D eigenvalue weighted by molar-refractivity contribution is -0.0379. The molecule has 5 nitrogen and oxygen atoms in total. The van der Waals surface area contributed by atoms with Gasteiger partial charge in [-0.2, -0.15) is 0 Å². The van der Waals surface area contributed by atoms with Crippen LogP contribution in [0.1, 0.15) is 22.3 Å². The van der Waals surface area contributed by atoms with Gasteiger partial charge in [-0.25, -0.2) is 0 Å². The second-order valence-electron chi connectivity index (χ2n) is 6.65. The number of carbonyl (C=O) groups is 1. The molecule has 5 heteroatoms. The lowest BCUT2D eigenvalue weighted by atomic mass is 10.0. The van der Waals surface area contributed by atoms with E-state index in [0.29, 0.717) is 30.7 Å². The highest BCUT2D eigenvalue weighted by molar-refractivity contribution is 5.94. The zero-order valence-electron chi connectivity index (χ0n) is 15.5. The predicted molar refractivity (Wildman–Crippen MR) is 103 cm³/mol. The first-order valence-corrected chi connectivity index (χ1v) is 9.15. The van der Waals surface area contributed by atoms with E-state index < -0.39 is 0 Å². The van der Waals surface area contributed by atoms with Crippen LogP contribution in [0.15, 0.2) is 72.7 Å². The van der Waals surface area contributed by atoms with Gasteiger partial charge in [0.1, 0.15) is 12.0 Å². The van der Waals surface area contributed by atoms with Crippen LogP contribution in [0.2, 0.25) is 0 Å². The molecule has 27 heavy (non-hydrogen) atoms. The summed E-state index contributed by atoms with van der Waals surface area (Å²) in [5, 5.41) is 9.44. The number of rotatable bonds is 8. The van der Waals surface area contributed by atoms with E-state index in [1.165, 1.54) is 0 Å². The van der Waals surface area contributed by atoms with Crippen molar-refractivity contribution in [3.8, 4) is 0 Å². The van der Waals surface area contributed by atoms with Crippen LogP contribution in [0.4, 0.5) is 0 Å². The quantitative estimate of drug-likeness (QED) is 0.778. The molecule has 1 N–H and O–H groups in total. The Morgan fingerprint density at radius 3 is 2.44 bits per heavy atom. The van der Waals surface area contributed by atoms with E-state index in [4.69, 9.17) is 9.47 Å². The highest BCUT2D eigenvalue weighted by Crippen LogP contribution is 2.27. The van der Waals surface area contributed by atoms with E-state index >= 15 is 0 Å². The Morgan fingerprint density at radius 2 is 1.78 bits per heavy atom. The zero-order chi connectivity index (χ0) is 19.1. The number of amides is 1. The number of aliphatic hydroxyl groups excluding tert-OH is 1. The molecule has 2 unspecified atom stereocenters. The molecule has 0 saturated heterocycles. The second kappa shape index (κ2) is 9.24. The molecule has 0 radical (unpaired) electrons. The molecule has 1 aliphatic rings. The molecule has 0 saturated carbocycles. The van der Waals surface area contributed by atoms with E-state index in [9.17, 15) is 9.90 Å². The summed E-state index contributed by atoms with van der Waals surface area (Å²) >= 11 is 0. The van der Waals surface area contributed by atoms with Crippen molar-refractivity contribution < 1.29 is 19.4 Å². The van der Waals surface area contributed by atoms with Gasteiger partial charge >= 0.3 is 0 Å². The monoisotopic (exact) mass is 367 g/mol. The van der Waals surface area contributed by atoms with Crippen molar-refractivity contribution in [1.82, 2.24) is 4.90 Å². The maximum absolute atomic E-state index is 12.6. The number of ether oxygens (including phenoxy) is 2. The van der Waals surface area contributed by atoms with Gasteiger partial charge in [0.05, 0.1) is 0 Å². The number of hydrogen-bond acceptors (Lipinski definition) is 4. The lowest BCUT2D eigenvalue weighted by Gasteiger charge is -2.24. The summed E-state index contributed by atoms with van der Waals surface area (Å²) in [5.74, 6) is 0.505. The minimum Gasteiger partial charge on any atom is -0.459 e. The Kier molecular flexibility index (Phi) is 6.49. The Bertz CT molecular complexity index is 760. The van der Waals surface area contributed by atoms with Gasteiger partial charge in [-0.15, -0.1) is 0 Å². The van der Waals surface area contributed by atoms with E-state index in [1.807, 2.05) is 48.5 Å². The van der Waals surface area contributed by atoms with Crippen molar-refractivity contribution in [2.75, 3.05) is 20.2 Å². The molecule has 0 spiro atoms. The summed E-state index contributed by atoms with van der Waals surface area (Å²) in [6, 6.07) is 19.2. The standard InChI is InChI=1S/C22H25NO4/c1-23(22(25)18-10-6-3-7-11-18)15-19(12-13-24)20-16-26-21(27-20)14-17-8-4-2-5-9-17/h2-11,16,19,21,24H,12-15H2,1H3. The second-order valence-corrected chi connectivity index (χ2v) is 6.65. The highest BCUT2D eigenvalue weighted by Gasteiger charge is 2.28. The fraction of sp³-hybridized carbons (Fsp3) is 0.318. The fourth-order valence-electron chi connectivity index (χ4n) is 3.13. The molecule has 142 valence electrons. The molecule has 0 fully saturated rings. The van der Waals surface area contributed by atoms with Gasteiger partial charge in [-0.1, -0.05) is 48.5 Å². The third-order valence-electron chi connectivity index (χ3n) is 4.59.